The topological polar surface area (TPSA) is 55.6 Å². The molecule has 0 aromatic heterocycles. The molecular weight excluding hydrogens is 204 g/mol. The van der Waals surface area contributed by atoms with Crippen molar-refractivity contribution in [2.24, 2.45) is 11.7 Å². The number of nitrogens with two attached hydrogens (primary N) is 1. The molecule has 0 aromatic carbocycles. The Bertz CT molecular complexity index is 226. The molecule has 0 saturated heterocycles. The van der Waals surface area contributed by atoms with Crippen molar-refractivity contribution < 1.29 is 9.63 Å². The van der Waals surface area contributed by atoms with Crippen molar-refractivity contribution in [1.29, 1.82) is 0 Å². The first-order chi connectivity index (χ1) is 7.40. The van der Waals surface area contributed by atoms with E-state index in [9.17, 15) is 4.79 Å². The van der Waals surface area contributed by atoms with Gasteiger partial charge in [0.15, 0.2) is 0 Å². The summed E-state index contributed by atoms with van der Waals surface area (Å²) < 4.78 is 0. The van der Waals surface area contributed by atoms with Gasteiger partial charge in [0.2, 0.25) is 6.41 Å². The van der Waals surface area contributed by atoms with Gasteiger partial charge in [0.05, 0.1) is 12.1 Å². The second kappa shape index (κ2) is 5.64. The monoisotopic (exact) mass is 228 g/mol. The van der Waals surface area contributed by atoms with E-state index in [0.29, 0.717) is 18.5 Å². The Hall–Kier alpha value is -0.610. The summed E-state index contributed by atoms with van der Waals surface area (Å²) in [7, 11) is 0. The molecule has 1 aliphatic rings. The van der Waals surface area contributed by atoms with Crippen molar-refractivity contribution in [3.05, 3.63) is 0 Å². The Labute approximate surface area is 98.1 Å². The maximum atomic E-state index is 10.9. The highest BCUT2D eigenvalue weighted by molar-refractivity contribution is 5.45. The first-order valence-electron chi connectivity index (χ1n) is 6.07. The summed E-state index contributed by atoms with van der Waals surface area (Å²) >= 11 is 0. The van der Waals surface area contributed by atoms with Crippen LogP contribution in [0, 0.1) is 5.92 Å². The van der Waals surface area contributed by atoms with Gasteiger partial charge in [0.25, 0.3) is 0 Å². The zero-order valence-electron chi connectivity index (χ0n) is 10.6. The highest BCUT2D eigenvalue weighted by Crippen LogP contribution is 2.24. The SMILES string of the molecule is CC(C)(C)ON(C=O)CC1CCCC(N)C1. The third-order valence-electron chi connectivity index (χ3n) is 2.77. The molecule has 0 heterocycles. The predicted octanol–water partition coefficient (Wildman–Crippen LogP) is 1.69. The van der Waals surface area contributed by atoms with Crippen LogP contribution in [0.15, 0.2) is 0 Å². The summed E-state index contributed by atoms with van der Waals surface area (Å²) in [5, 5.41) is 1.42. The summed E-state index contributed by atoms with van der Waals surface area (Å²) in [6.45, 7) is 6.48. The highest BCUT2D eigenvalue weighted by Gasteiger charge is 2.23. The number of carbonyl (C=O) groups excluding carboxylic acids is 1. The summed E-state index contributed by atoms with van der Waals surface area (Å²) in [5.41, 5.74) is 5.60. The summed E-state index contributed by atoms with van der Waals surface area (Å²) in [4.78, 5) is 16.5. The lowest BCUT2D eigenvalue weighted by Crippen LogP contribution is -2.39. The molecule has 94 valence electrons. The van der Waals surface area contributed by atoms with Crippen molar-refractivity contribution in [3.8, 4) is 0 Å². The zero-order chi connectivity index (χ0) is 12.2. The van der Waals surface area contributed by atoms with Gasteiger partial charge in [-0.25, -0.2) is 5.06 Å². The van der Waals surface area contributed by atoms with Crippen LogP contribution in [0.1, 0.15) is 46.5 Å². The van der Waals surface area contributed by atoms with Crippen LogP contribution in [0.2, 0.25) is 0 Å². The van der Waals surface area contributed by atoms with E-state index in [2.05, 4.69) is 0 Å². The lowest BCUT2D eigenvalue weighted by atomic mass is 9.86. The fourth-order valence-electron chi connectivity index (χ4n) is 2.21. The number of nitrogens with zero attached hydrogens (tertiary/aromatic N) is 1. The van der Waals surface area contributed by atoms with Crippen LogP contribution in [-0.2, 0) is 9.63 Å². The number of hydrogen-bond acceptors (Lipinski definition) is 3. The van der Waals surface area contributed by atoms with Crippen molar-refractivity contribution in [3.63, 3.8) is 0 Å². The molecule has 2 atom stereocenters. The molecule has 4 heteroatoms. The Morgan fingerprint density at radius 2 is 2.12 bits per heavy atom. The number of amides is 1. The van der Waals surface area contributed by atoms with Crippen molar-refractivity contribution in [2.45, 2.75) is 58.1 Å². The largest absolute Gasteiger partial charge is 0.328 e. The second-order valence-electron chi connectivity index (χ2n) is 5.70. The first-order valence-corrected chi connectivity index (χ1v) is 6.07. The number of carbonyl (C=O) groups is 1. The molecule has 1 rings (SSSR count). The van der Waals surface area contributed by atoms with E-state index in [-0.39, 0.29) is 5.60 Å². The lowest BCUT2D eigenvalue weighted by molar-refractivity contribution is -0.220. The fourth-order valence-corrected chi connectivity index (χ4v) is 2.21. The molecule has 0 radical (unpaired) electrons. The van der Waals surface area contributed by atoms with Crippen LogP contribution in [0.25, 0.3) is 0 Å². The van der Waals surface area contributed by atoms with Gasteiger partial charge >= 0.3 is 0 Å². The van der Waals surface area contributed by atoms with E-state index < -0.39 is 0 Å². The van der Waals surface area contributed by atoms with Crippen LogP contribution in [0.5, 0.6) is 0 Å². The molecule has 1 fully saturated rings. The zero-order valence-corrected chi connectivity index (χ0v) is 10.6. The van der Waals surface area contributed by atoms with E-state index in [4.69, 9.17) is 10.6 Å². The molecule has 1 amide bonds. The van der Waals surface area contributed by atoms with Gasteiger partial charge in [-0.05, 0) is 46.0 Å². The Balaban J connectivity index is 2.40. The molecule has 16 heavy (non-hydrogen) atoms. The van der Waals surface area contributed by atoms with Gasteiger partial charge in [-0.3, -0.25) is 9.63 Å². The van der Waals surface area contributed by atoms with Gasteiger partial charge in [0.1, 0.15) is 0 Å². The quantitative estimate of drug-likeness (QED) is 0.588. The van der Waals surface area contributed by atoms with Crippen LogP contribution in [0.4, 0.5) is 0 Å². The van der Waals surface area contributed by atoms with Gasteiger partial charge in [-0.15, -0.1) is 0 Å². The van der Waals surface area contributed by atoms with Crippen LogP contribution in [0.3, 0.4) is 0 Å². The van der Waals surface area contributed by atoms with E-state index in [1.807, 2.05) is 20.8 Å². The average Bonchev–Trinajstić information content (AvgIpc) is 2.14. The Morgan fingerprint density at radius 1 is 1.44 bits per heavy atom. The molecule has 2 unspecified atom stereocenters. The molecule has 4 nitrogen and oxygen atoms in total. The normalized spacial score (nSPS) is 26.5. The summed E-state index contributed by atoms with van der Waals surface area (Å²) in [6.07, 6.45) is 5.18. The number of hydrogen-bond donors (Lipinski definition) is 1. The minimum atomic E-state index is -0.322. The fraction of sp³-hybridized carbons (Fsp3) is 0.917. The van der Waals surface area contributed by atoms with Crippen LogP contribution in [-0.4, -0.2) is 29.7 Å². The van der Waals surface area contributed by atoms with Gasteiger partial charge in [0, 0.05) is 6.04 Å². The van der Waals surface area contributed by atoms with Gasteiger partial charge in [-0.2, -0.15) is 0 Å². The molecule has 0 bridgehead atoms. The average molecular weight is 228 g/mol. The third-order valence-corrected chi connectivity index (χ3v) is 2.77. The van der Waals surface area contributed by atoms with E-state index >= 15 is 0 Å². The standard InChI is InChI=1S/C12H24N2O2/c1-12(2,3)16-14(9-15)8-10-5-4-6-11(13)7-10/h9-11H,4-8,13H2,1-3H3. The Morgan fingerprint density at radius 3 is 2.62 bits per heavy atom. The van der Waals surface area contributed by atoms with Crippen LogP contribution < -0.4 is 5.73 Å². The third kappa shape index (κ3) is 4.94. The molecule has 1 saturated carbocycles. The Kier molecular flexibility index (Phi) is 4.74. The minimum Gasteiger partial charge on any atom is -0.328 e. The minimum absolute atomic E-state index is 0.293. The van der Waals surface area contributed by atoms with Gasteiger partial charge < -0.3 is 5.73 Å². The maximum Gasteiger partial charge on any atom is 0.233 e. The molecule has 1 aliphatic carbocycles. The molecular formula is C12H24N2O2. The predicted molar refractivity (Wildman–Crippen MR) is 63.5 cm³/mol. The smallest absolute Gasteiger partial charge is 0.233 e. The second-order valence-corrected chi connectivity index (χ2v) is 5.70. The lowest BCUT2D eigenvalue weighted by Gasteiger charge is -2.32. The number of hydroxylamine groups is 2. The molecule has 0 aliphatic heterocycles. The van der Waals surface area contributed by atoms with Crippen LogP contribution >= 0.6 is 0 Å². The maximum absolute atomic E-state index is 10.9. The molecule has 0 aromatic rings. The van der Waals surface area contributed by atoms with Crippen molar-refractivity contribution in [1.82, 2.24) is 5.06 Å². The highest BCUT2D eigenvalue weighted by atomic mass is 16.7. The van der Waals surface area contributed by atoms with Crippen molar-refractivity contribution in [2.75, 3.05) is 6.54 Å². The van der Waals surface area contributed by atoms with Gasteiger partial charge in [-0.1, -0.05) is 6.42 Å². The summed E-state index contributed by atoms with van der Waals surface area (Å²) in [5.74, 6) is 0.483. The van der Waals surface area contributed by atoms with E-state index in [1.165, 1.54) is 5.06 Å². The molecule has 0 spiro atoms. The number of rotatable bonds is 4. The molecule has 2 N–H and O–H groups in total. The van der Waals surface area contributed by atoms with E-state index in [0.717, 1.165) is 32.1 Å². The summed E-state index contributed by atoms with van der Waals surface area (Å²) in [6, 6.07) is 0.293. The van der Waals surface area contributed by atoms with E-state index in [1.54, 1.807) is 0 Å². The van der Waals surface area contributed by atoms with Crippen molar-refractivity contribution >= 4 is 6.41 Å². The first kappa shape index (κ1) is 13.5.